The first-order valence-corrected chi connectivity index (χ1v) is 6.35. The molecule has 0 amide bonds. The van der Waals surface area contributed by atoms with Crippen LogP contribution in [0, 0.1) is 0 Å². The van der Waals surface area contributed by atoms with Gasteiger partial charge >= 0.3 is 0 Å². The number of hydrogen-bond donors (Lipinski definition) is 1. The molecule has 21 heavy (non-hydrogen) atoms. The Labute approximate surface area is 121 Å². The predicted octanol–water partition coefficient (Wildman–Crippen LogP) is 3.72. The van der Waals surface area contributed by atoms with Gasteiger partial charge in [-0.15, -0.1) is 0 Å². The lowest BCUT2D eigenvalue weighted by Gasteiger charge is -2.18. The Kier molecular flexibility index (Phi) is 4.75. The van der Waals surface area contributed by atoms with Crippen LogP contribution in [0.25, 0.3) is 0 Å². The summed E-state index contributed by atoms with van der Waals surface area (Å²) in [7, 11) is 2.95. The first-order valence-electron chi connectivity index (χ1n) is 6.35. The maximum absolute atomic E-state index is 12.8. The van der Waals surface area contributed by atoms with Crippen LogP contribution in [0.2, 0.25) is 0 Å². The molecule has 0 heterocycles. The molecule has 1 N–H and O–H groups in total. The molecule has 0 aliphatic rings. The first kappa shape index (κ1) is 15.3. The highest BCUT2D eigenvalue weighted by Gasteiger charge is 2.21. The van der Waals surface area contributed by atoms with Crippen molar-refractivity contribution in [3.05, 3.63) is 59.2 Å². The number of hydrogen-bond acceptors (Lipinski definition) is 3. The zero-order valence-electron chi connectivity index (χ0n) is 11.7. The van der Waals surface area contributed by atoms with Crippen molar-refractivity contribution in [2.45, 2.75) is 12.5 Å². The molecule has 0 radical (unpaired) electrons. The Bertz CT molecular complexity index is 592. The smallest absolute Gasteiger partial charge is 0.263 e. The Morgan fingerprint density at radius 2 is 1.43 bits per heavy atom. The molecule has 0 fully saturated rings. The second-order valence-electron chi connectivity index (χ2n) is 4.45. The molecular formula is C16H16F2O3. The Hall–Kier alpha value is -2.14. The summed E-state index contributed by atoms with van der Waals surface area (Å²) < 4.78 is 36.0. The second-order valence-corrected chi connectivity index (χ2v) is 4.45. The molecule has 0 aliphatic carbocycles. The van der Waals surface area contributed by atoms with Gasteiger partial charge in [-0.05, 0) is 23.8 Å². The maximum Gasteiger partial charge on any atom is 0.263 e. The molecule has 2 aromatic carbocycles. The lowest BCUT2D eigenvalue weighted by atomic mass is 9.98. The number of halogens is 2. The Morgan fingerprint density at radius 1 is 0.905 bits per heavy atom. The summed E-state index contributed by atoms with van der Waals surface area (Å²) >= 11 is 0. The minimum Gasteiger partial charge on any atom is -0.496 e. The molecule has 5 heteroatoms. The maximum atomic E-state index is 12.8. The van der Waals surface area contributed by atoms with Crippen molar-refractivity contribution in [2.24, 2.45) is 0 Å². The monoisotopic (exact) mass is 294 g/mol. The summed E-state index contributed by atoms with van der Waals surface area (Å²) in [4.78, 5) is 0. The molecule has 0 bridgehead atoms. The molecule has 0 aliphatic heterocycles. The lowest BCUT2D eigenvalue weighted by Crippen LogP contribution is -2.05. The van der Waals surface area contributed by atoms with Crippen LogP contribution >= 0.6 is 0 Å². The summed E-state index contributed by atoms with van der Waals surface area (Å²) in [6, 6.07) is 10.8. The number of rotatable bonds is 5. The van der Waals surface area contributed by atoms with Crippen molar-refractivity contribution in [1.29, 1.82) is 0 Å². The molecule has 0 saturated carbocycles. The summed E-state index contributed by atoms with van der Waals surface area (Å²) in [5.41, 5.74) is 0.630. The minimum atomic E-state index is -2.59. The second kappa shape index (κ2) is 6.54. The number of aliphatic hydroxyl groups excluding tert-OH is 1. The number of ether oxygens (including phenoxy) is 2. The molecule has 112 valence electrons. The van der Waals surface area contributed by atoms with E-state index in [0.717, 1.165) is 0 Å². The van der Waals surface area contributed by atoms with Gasteiger partial charge in [0.15, 0.2) is 0 Å². The van der Waals surface area contributed by atoms with Gasteiger partial charge in [-0.2, -0.15) is 0 Å². The summed E-state index contributed by atoms with van der Waals surface area (Å²) in [6.45, 7) is 0. The number of aliphatic hydroxyl groups is 1. The van der Waals surface area contributed by atoms with Crippen molar-refractivity contribution in [2.75, 3.05) is 14.2 Å². The standard InChI is InChI=1S/C16H16F2O3/c1-20-12-7-4-8-13(21-2)14(12)15(19)10-5-3-6-11(9-10)16(17)18/h3-9,15-16,19H,1-2H3. The average Bonchev–Trinajstić information content (AvgIpc) is 2.53. The summed E-state index contributed by atoms with van der Waals surface area (Å²) in [6.07, 6.45) is -3.70. The van der Waals surface area contributed by atoms with Crippen molar-refractivity contribution >= 4 is 0 Å². The highest BCUT2D eigenvalue weighted by atomic mass is 19.3. The molecule has 0 saturated heterocycles. The number of methoxy groups -OCH3 is 2. The van der Waals surface area contributed by atoms with Gasteiger partial charge < -0.3 is 14.6 Å². The zero-order valence-corrected chi connectivity index (χ0v) is 11.7. The summed E-state index contributed by atoms with van der Waals surface area (Å²) in [5, 5.41) is 10.5. The van der Waals surface area contributed by atoms with Gasteiger partial charge in [-0.3, -0.25) is 0 Å². The van der Waals surface area contributed by atoms with Crippen LogP contribution in [0.4, 0.5) is 8.78 Å². The fraction of sp³-hybridized carbons (Fsp3) is 0.250. The van der Waals surface area contributed by atoms with Crippen molar-refractivity contribution in [3.8, 4) is 11.5 Å². The van der Waals surface area contributed by atoms with E-state index in [9.17, 15) is 13.9 Å². The van der Waals surface area contributed by atoms with Gasteiger partial charge in [0, 0.05) is 5.56 Å². The predicted molar refractivity (Wildman–Crippen MR) is 75.0 cm³/mol. The minimum absolute atomic E-state index is 0.139. The molecule has 2 aromatic rings. The van der Waals surface area contributed by atoms with Crippen LogP contribution in [-0.4, -0.2) is 19.3 Å². The number of benzene rings is 2. The fourth-order valence-corrected chi connectivity index (χ4v) is 2.18. The molecule has 1 unspecified atom stereocenters. The van der Waals surface area contributed by atoms with Crippen molar-refractivity contribution in [1.82, 2.24) is 0 Å². The number of alkyl halides is 2. The van der Waals surface area contributed by atoms with E-state index in [2.05, 4.69) is 0 Å². The van der Waals surface area contributed by atoms with Gasteiger partial charge in [-0.1, -0.05) is 24.3 Å². The Morgan fingerprint density at radius 3 is 1.95 bits per heavy atom. The highest BCUT2D eigenvalue weighted by Crippen LogP contribution is 2.37. The normalized spacial score (nSPS) is 12.3. The van der Waals surface area contributed by atoms with Crippen LogP contribution in [0.5, 0.6) is 11.5 Å². The molecular weight excluding hydrogens is 278 g/mol. The van der Waals surface area contributed by atoms with E-state index in [4.69, 9.17) is 9.47 Å². The van der Waals surface area contributed by atoms with Crippen LogP contribution in [0.15, 0.2) is 42.5 Å². The Balaban J connectivity index is 2.49. The SMILES string of the molecule is COc1cccc(OC)c1C(O)c1cccc(C(F)F)c1. The average molecular weight is 294 g/mol. The van der Waals surface area contributed by atoms with E-state index in [1.807, 2.05) is 0 Å². The van der Waals surface area contributed by atoms with E-state index < -0.39 is 12.5 Å². The van der Waals surface area contributed by atoms with E-state index in [-0.39, 0.29) is 5.56 Å². The third-order valence-corrected chi connectivity index (χ3v) is 3.22. The van der Waals surface area contributed by atoms with Gasteiger partial charge in [-0.25, -0.2) is 8.78 Å². The molecule has 1 atom stereocenters. The van der Waals surface area contributed by atoms with E-state index >= 15 is 0 Å². The van der Waals surface area contributed by atoms with Gasteiger partial charge in [0.1, 0.15) is 17.6 Å². The first-order chi connectivity index (χ1) is 10.1. The van der Waals surface area contributed by atoms with E-state index in [0.29, 0.717) is 22.6 Å². The quantitative estimate of drug-likeness (QED) is 0.913. The van der Waals surface area contributed by atoms with Crippen LogP contribution in [0.3, 0.4) is 0 Å². The van der Waals surface area contributed by atoms with Crippen LogP contribution in [-0.2, 0) is 0 Å². The van der Waals surface area contributed by atoms with Crippen LogP contribution in [0.1, 0.15) is 29.2 Å². The molecule has 0 spiro atoms. The molecule has 3 nitrogen and oxygen atoms in total. The zero-order chi connectivity index (χ0) is 15.4. The molecule has 2 rings (SSSR count). The van der Waals surface area contributed by atoms with Crippen molar-refractivity contribution in [3.63, 3.8) is 0 Å². The van der Waals surface area contributed by atoms with Gasteiger partial charge in [0.05, 0.1) is 19.8 Å². The third-order valence-electron chi connectivity index (χ3n) is 3.22. The van der Waals surface area contributed by atoms with Gasteiger partial charge in [0.2, 0.25) is 0 Å². The fourth-order valence-electron chi connectivity index (χ4n) is 2.18. The van der Waals surface area contributed by atoms with E-state index in [1.54, 1.807) is 24.3 Å². The van der Waals surface area contributed by atoms with E-state index in [1.165, 1.54) is 32.4 Å². The van der Waals surface area contributed by atoms with Crippen molar-refractivity contribution < 1.29 is 23.4 Å². The van der Waals surface area contributed by atoms with Gasteiger partial charge in [0.25, 0.3) is 6.43 Å². The topological polar surface area (TPSA) is 38.7 Å². The third kappa shape index (κ3) is 3.13. The summed E-state index contributed by atoms with van der Waals surface area (Å²) in [5.74, 6) is 0.869. The molecule has 0 aromatic heterocycles. The lowest BCUT2D eigenvalue weighted by molar-refractivity contribution is 0.150. The largest absolute Gasteiger partial charge is 0.496 e. The highest BCUT2D eigenvalue weighted by molar-refractivity contribution is 5.49. The van der Waals surface area contributed by atoms with Crippen LogP contribution < -0.4 is 9.47 Å².